The van der Waals surface area contributed by atoms with Gasteiger partial charge in [0.2, 0.25) is 0 Å². The number of benzene rings is 9. The number of furan rings is 1. The monoisotopic (exact) mass is 811 g/mol. The van der Waals surface area contributed by atoms with Gasteiger partial charge in [0.1, 0.15) is 11.2 Å². The summed E-state index contributed by atoms with van der Waals surface area (Å²) in [4.78, 5) is 2.43. The van der Waals surface area contributed by atoms with Crippen molar-refractivity contribution in [3.63, 3.8) is 0 Å². The highest BCUT2D eigenvalue weighted by atomic mass is 16.3. The Labute approximate surface area is 370 Å². The number of hydrogen-bond acceptors (Lipinski definition) is 2. The summed E-state index contributed by atoms with van der Waals surface area (Å²) >= 11 is 0. The minimum Gasteiger partial charge on any atom is -0.456 e. The van der Waals surface area contributed by atoms with Gasteiger partial charge in [-0.15, -0.1) is 0 Å². The van der Waals surface area contributed by atoms with E-state index < -0.39 is 0 Å². The van der Waals surface area contributed by atoms with Crippen LogP contribution >= 0.6 is 0 Å². The van der Waals surface area contributed by atoms with Crippen molar-refractivity contribution in [3.8, 4) is 55.6 Å². The van der Waals surface area contributed by atoms with Crippen molar-refractivity contribution in [3.05, 3.63) is 223 Å². The van der Waals surface area contributed by atoms with Crippen LogP contribution in [0.25, 0.3) is 77.6 Å². The summed E-state index contributed by atoms with van der Waals surface area (Å²) in [6.07, 6.45) is 0. The van der Waals surface area contributed by atoms with Gasteiger partial charge in [-0.05, 0) is 127 Å². The maximum absolute atomic E-state index is 6.35. The third-order valence-electron chi connectivity index (χ3n) is 13.2. The molecule has 0 atom stereocenters. The molecule has 0 spiro atoms. The molecule has 1 aliphatic carbocycles. The van der Waals surface area contributed by atoms with Crippen LogP contribution < -0.4 is 4.90 Å². The molecule has 1 heterocycles. The van der Waals surface area contributed by atoms with Crippen LogP contribution in [0.3, 0.4) is 0 Å². The lowest BCUT2D eigenvalue weighted by molar-refractivity contribution is 0.590. The summed E-state index contributed by atoms with van der Waals surface area (Å²) < 4.78 is 6.35. The molecule has 10 aromatic rings. The van der Waals surface area contributed by atoms with E-state index in [-0.39, 0.29) is 10.8 Å². The lowest BCUT2D eigenvalue weighted by atomic mass is 9.81. The number of nitrogens with zero attached hydrogens (tertiary/aromatic N) is 1. The molecule has 2 heteroatoms. The number of fused-ring (bicyclic) bond motifs is 6. The summed E-state index contributed by atoms with van der Waals surface area (Å²) in [6.45, 7) is 11.6. The molecule has 1 aromatic heterocycles. The first-order valence-electron chi connectivity index (χ1n) is 22.1. The minimum absolute atomic E-state index is 0.120. The highest BCUT2D eigenvalue weighted by Crippen LogP contribution is 2.52. The van der Waals surface area contributed by atoms with Crippen molar-refractivity contribution in [2.45, 2.75) is 45.4 Å². The van der Waals surface area contributed by atoms with E-state index in [9.17, 15) is 0 Å². The molecule has 9 aromatic carbocycles. The van der Waals surface area contributed by atoms with E-state index in [0.29, 0.717) is 0 Å². The van der Waals surface area contributed by atoms with Crippen LogP contribution in [-0.4, -0.2) is 0 Å². The van der Waals surface area contributed by atoms with Crippen molar-refractivity contribution in [2.75, 3.05) is 4.90 Å². The van der Waals surface area contributed by atoms with Gasteiger partial charge in [0, 0.05) is 33.1 Å². The molecule has 0 radical (unpaired) electrons. The summed E-state index contributed by atoms with van der Waals surface area (Å²) in [7, 11) is 0. The predicted octanol–water partition coefficient (Wildman–Crippen LogP) is 17.3. The first-order chi connectivity index (χ1) is 30.6. The van der Waals surface area contributed by atoms with E-state index in [2.05, 4.69) is 240 Å². The molecule has 2 nitrogen and oxygen atoms in total. The van der Waals surface area contributed by atoms with Gasteiger partial charge < -0.3 is 9.32 Å². The van der Waals surface area contributed by atoms with Crippen LogP contribution in [0.2, 0.25) is 0 Å². The molecule has 0 N–H and O–H groups in total. The smallest absolute Gasteiger partial charge is 0.136 e. The second-order valence-corrected chi connectivity index (χ2v) is 18.6. The van der Waals surface area contributed by atoms with Gasteiger partial charge in [-0.2, -0.15) is 0 Å². The van der Waals surface area contributed by atoms with Crippen LogP contribution in [0.15, 0.2) is 211 Å². The fourth-order valence-corrected chi connectivity index (χ4v) is 9.89. The normalized spacial score (nSPS) is 13.0. The third-order valence-corrected chi connectivity index (χ3v) is 13.2. The van der Waals surface area contributed by atoms with Crippen molar-refractivity contribution in [1.82, 2.24) is 0 Å². The highest BCUT2D eigenvalue weighted by Gasteiger charge is 2.36. The van der Waals surface area contributed by atoms with E-state index in [1.807, 2.05) is 6.07 Å². The predicted molar refractivity (Wildman–Crippen MR) is 266 cm³/mol. The Bertz CT molecular complexity index is 3340. The minimum atomic E-state index is -0.141. The molecule has 1 aliphatic rings. The van der Waals surface area contributed by atoms with Crippen LogP contribution in [0, 0.1) is 0 Å². The molecular formula is C61H49NO. The van der Waals surface area contributed by atoms with Crippen LogP contribution in [-0.2, 0) is 10.8 Å². The number of para-hydroxylation sites is 2. The zero-order valence-electron chi connectivity index (χ0n) is 36.5. The maximum atomic E-state index is 6.35. The average molecular weight is 812 g/mol. The molecule has 0 bridgehead atoms. The molecule has 0 fully saturated rings. The topological polar surface area (TPSA) is 16.4 Å². The van der Waals surface area contributed by atoms with Crippen molar-refractivity contribution < 1.29 is 4.42 Å². The molecule has 0 unspecified atom stereocenters. The van der Waals surface area contributed by atoms with Gasteiger partial charge in [-0.1, -0.05) is 186 Å². The lowest BCUT2D eigenvalue weighted by Gasteiger charge is -2.29. The summed E-state index contributed by atoms with van der Waals surface area (Å²) in [5.41, 5.74) is 21.2. The summed E-state index contributed by atoms with van der Waals surface area (Å²) in [5, 5.41) is 2.26. The van der Waals surface area contributed by atoms with Crippen molar-refractivity contribution >= 4 is 39.0 Å². The van der Waals surface area contributed by atoms with E-state index in [1.54, 1.807) is 0 Å². The van der Waals surface area contributed by atoms with Crippen LogP contribution in [0.4, 0.5) is 17.1 Å². The van der Waals surface area contributed by atoms with Gasteiger partial charge in [0.05, 0.1) is 5.69 Å². The second-order valence-electron chi connectivity index (χ2n) is 18.6. The Morgan fingerprint density at radius 1 is 0.397 bits per heavy atom. The Hall–Kier alpha value is -7.42. The van der Waals surface area contributed by atoms with E-state index in [4.69, 9.17) is 4.42 Å². The van der Waals surface area contributed by atoms with Gasteiger partial charge >= 0.3 is 0 Å². The molecule has 0 aliphatic heterocycles. The van der Waals surface area contributed by atoms with Gasteiger partial charge in [-0.25, -0.2) is 0 Å². The van der Waals surface area contributed by atoms with E-state index in [0.717, 1.165) is 50.1 Å². The molecule has 0 amide bonds. The molecular weight excluding hydrogens is 763 g/mol. The third kappa shape index (κ3) is 6.65. The first-order valence-corrected chi connectivity index (χ1v) is 22.1. The fraction of sp³-hybridized carbons (Fsp3) is 0.115. The van der Waals surface area contributed by atoms with E-state index >= 15 is 0 Å². The van der Waals surface area contributed by atoms with E-state index in [1.165, 1.54) is 61.2 Å². The average Bonchev–Trinajstić information content (AvgIpc) is 3.81. The first kappa shape index (κ1) is 38.5. The molecule has 11 rings (SSSR count). The van der Waals surface area contributed by atoms with Gasteiger partial charge in [-0.3, -0.25) is 0 Å². The highest BCUT2D eigenvalue weighted by molar-refractivity contribution is 6.12. The number of rotatable bonds is 7. The lowest BCUT2D eigenvalue weighted by Crippen LogP contribution is -2.15. The zero-order chi connectivity index (χ0) is 42.9. The summed E-state index contributed by atoms with van der Waals surface area (Å²) in [6, 6.07) is 75.5. The molecule has 0 saturated carbocycles. The Morgan fingerprint density at radius 2 is 0.968 bits per heavy atom. The van der Waals surface area contributed by atoms with Gasteiger partial charge in [0.15, 0.2) is 0 Å². The Morgan fingerprint density at radius 3 is 1.76 bits per heavy atom. The quantitative estimate of drug-likeness (QED) is 0.159. The molecule has 304 valence electrons. The number of hydrogen-bond donors (Lipinski definition) is 0. The standard InChI is InChI=1S/C61H49NO/c1-60(2,3)46-32-28-41(29-33-46)43-30-34-51-53-38-45(31-35-54(53)61(4,5)55(51)39-43)49-22-9-11-25-56(49)62(47-20-13-18-42(36-47)40-16-7-6-8-17-40)48-21-14-19-44(37-48)50-24-15-27-58-59(50)52-23-10-12-26-57(52)63-58/h6-39H,1-5H3. The zero-order valence-corrected chi connectivity index (χ0v) is 36.5. The van der Waals surface area contributed by atoms with Crippen molar-refractivity contribution in [2.24, 2.45) is 0 Å². The Balaban J connectivity index is 1.05. The SMILES string of the molecule is CC(C)(C)c1ccc(-c2ccc3c(c2)C(C)(C)c2ccc(-c4ccccc4N(c4cccc(-c5ccccc5)c4)c4cccc(-c5cccc6oc7ccccc7c56)c4)cc2-3)cc1. The summed E-state index contributed by atoms with van der Waals surface area (Å²) in [5.74, 6) is 0. The van der Waals surface area contributed by atoms with Crippen molar-refractivity contribution in [1.29, 1.82) is 0 Å². The second kappa shape index (κ2) is 14.9. The maximum Gasteiger partial charge on any atom is 0.136 e. The van der Waals surface area contributed by atoms with Crippen LogP contribution in [0.5, 0.6) is 0 Å². The fourth-order valence-electron chi connectivity index (χ4n) is 9.89. The Kier molecular flexibility index (Phi) is 9.10. The van der Waals surface area contributed by atoms with Gasteiger partial charge in [0.25, 0.3) is 0 Å². The molecule has 63 heavy (non-hydrogen) atoms. The number of anilines is 3. The van der Waals surface area contributed by atoms with Crippen LogP contribution in [0.1, 0.15) is 51.3 Å². The molecule has 0 saturated heterocycles. The largest absolute Gasteiger partial charge is 0.456 e.